The summed E-state index contributed by atoms with van der Waals surface area (Å²) in [7, 11) is 0. The summed E-state index contributed by atoms with van der Waals surface area (Å²) in [5.41, 5.74) is 0.543. The first-order valence-electron chi connectivity index (χ1n) is 6.22. The van der Waals surface area contributed by atoms with Crippen LogP contribution in [0.15, 0.2) is 24.3 Å². The molecule has 1 aromatic rings. The van der Waals surface area contributed by atoms with Gasteiger partial charge in [-0.1, -0.05) is 0 Å². The van der Waals surface area contributed by atoms with Crippen molar-refractivity contribution < 1.29 is 22.7 Å². The van der Waals surface area contributed by atoms with Crippen LogP contribution in [0.2, 0.25) is 0 Å². The number of alkyl halides is 3. The van der Waals surface area contributed by atoms with Gasteiger partial charge < -0.3 is 15.4 Å². The molecule has 1 aromatic carbocycles. The zero-order valence-corrected chi connectivity index (χ0v) is 10.7. The summed E-state index contributed by atoms with van der Waals surface area (Å²) < 4.78 is 40.5. The molecule has 7 heteroatoms. The highest BCUT2D eigenvalue weighted by atomic mass is 19.4. The van der Waals surface area contributed by atoms with Crippen LogP contribution in [0.5, 0.6) is 5.75 Å². The van der Waals surface area contributed by atoms with Gasteiger partial charge >= 0.3 is 6.18 Å². The molecule has 2 N–H and O–H groups in total. The summed E-state index contributed by atoms with van der Waals surface area (Å²) in [6.45, 7) is 0.364. The predicted octanol–water partition coefficient (Wildman–Crippen LogP) is 2.18. The second-order valence-electron chi connectivity index (χ2n) is 4.70. The lowest BCUT2D eigenvalue weighted by molar-refractivity contribution is -0.153. The van der Waals surface area contributed by atoms with Crippen LogP contribution in [0.4, 0.5) is 18.9 Å². The number of nitrogens with one attached hydrogen (secondary N) is 2. The van der Waals surface area contributed by atoms with Crippen LogP contribution in [0, 0.1) is 5.92 Å². The van der Waals surface area contributed by atoms with Gasteiger partial charge in [-0.05, 0) is 43.3 Å². The highest BCUT2D eigenvalue weighted by molar-refractivity contribution is 5.90. The Morgan fingerprint density at radius 2 is 1.95 bits per heavy atom. The molecular weight excluding hydrogens is 273 g/mol. The first-order valence-corrected chi connectivity index (χ1v) is 6.22. The lowest BCUT2D eigenvalue weighted by Gasteiger charge is -2.26. The Bertz CT molecular complexity index is 456. The SMILES string of the molecule is O=C(CC1CNC1)Nc1ccc(OCC(F)(F)F)cc1. The van der Waals surface area contributed by atoms with Crippen molar-refractivity contribution in [2.45, 2.75) is 12.6 Å². The first kappa shape index (κ1) is 14.6. The Kier molecular flexibility index (Phi) is 4.49. The molecule has 1 amide bonds. The Morgan fingerprint density at radius 3 is 2.45 bits per heavy atom. The van der Waals surface area contributed by atoms with Gasteiger partial charge in [-0.25, -0.2) is 0 Å². The molecule has 1 fully saturated rings. The molecule has 0 radical (unpaired) electrons. The third-order valence-electron chi connectivity index (χ3n) is 2.88. The Labute approximate surface area is 114 Å². The van der Waals surface area contributed by atoms with Crippen molar-refractivity contribution in [3.05, 3.63) is 24.3 Å². The largest absolute Gasteiger partial charge is 0.484 e. The summed E-state index contributed by atoms with van der Waals surface area (Å²) in [6.07, 6.45) is -3.91. The minimum absolute atomic E-state index is 0.0968. The molecule has 0 spiro atoms. The number of rotatable bonds is 5. The molecule has 0 unspecified atom stereocenters. The van der Waals surface area contributed by atoms with E-state index < -0.39 is 12.8 Å². The average molecular weight is 288 g/mol. The van der Waals surface area contributed by atoms with Crippen molar-refractivity contribution in [2.24, 2.45) is 5.92 Å². The molecule has 2 rings (SSSR count). The van der Waals surface area contributed by atoms with Crippen LogP contribution >= 0.6 is 0 Å². The summed E-state index contributed by atoms with van der Waals surface area (Å²) in [6, 6.07) is 5.82. The van der Waals surface area contributed by atoms with E-state index in [2.05, 4.69) is 15.4 Å². The van der Waals surface area contributed by atoms with Crippen LogP contribution < -0.4 is 15.4 Å². The Balaban J connectivity index is 1.80. The van der Waals surface area contributed by atoms with E-state index in [1.54, 1.807) is 0 Å². The normalized spacial score (nSPS) is 15.6. The highest BCUT2D eigenvalue weighted by Crippen LogP contribution is 2.20. The minimum atomic E-state index is -4.36. The molecule has 0 saturated carbocycles. The van der Waals surface area contributed by atoms with E-state index in [9.17, 15) is 18.0 Å². The number of ether oxygens (including phenoxy) is 1. The molecular formula is C13H15F3N2O2. The fraction of sp³-hybridized carbons (Fsp3) is 0.462. The summed E-state index contributed by atoms with van der Waals surface area (Å²) in [4.78, 5) is 11.6. The van der Waals surface area contributed by atoms with Crippen LogP contribution in [0.25, 0.3) is 0 Å². The molecule has 110 valence electrons. The lowest BCUT2D eigenvalue weighted by atomic mass is 9.99. The topological polar surface area (TPSA) is 50.4 Å². The van der Waals surface area contributed by atoms with Gasteiger partial charge in [-0.3, -0.25) is 4.79 Å². The molecule has 20 heavy (non-hydrogen) atoms. The molecule has 0 bridgehead atoms. The first-order chi connectivity index (χ1) is 9.42. The summed E-state index contributed by atoms with van der Waals surface area (Å²) in [5.74, 6) is 0.383. The predicted molar refractivity (Wildman–Crippen MR) is 67.6 cm³/mol. The van der Waals surface area contributed by atoms with Crippen molar-refractivity contribution >= 4 is 11.6 Å². The van der Waals surface area contributed by atoms with Gasteiger partial charge in [0.15, 0.2) is 6.61 Å². The highest BCUT2D eigenvalue weighted by Gasteiger charge is 2.28. The monoisotopic (exact) mass is 288 g/mol. The van der Waals surface area contributed by atoms with Crippen LogP contribution in [0.3, 0.4) is 0 Å². The average Bonchev–Trinajstić information content (AvgIpc) is 2.32. The van der Waals surface area contributed by atoms with Gasteiger partial charge in [0.05, 0.1) is 0 Å². The third kappa shape index (κ3) is 4.73. The maximum Gasteiger partial charge on any atom is 0.422 e. The van der Waals surface area contributed by atoms with Crippen LogP contribution in [0.1, 0.15) is 6.42 Å². The fourth-order valence-corrected chi connectivity index (χ4v) is 1.77. The standard InChI is InChI=1S/C13H15F3N2O2/c14-13(15,16)8-20-11-3-1-10(2-4-11)18-12(19)5-9-6-17-7-9/h1-4,9,17H,5-8H2,(H,18,19). The zero-order chi connectivity index (χ0) is 14.6. The molecule has 1 saturated heterocycles. The van der Waals surface area contributed by atoms with E-state index in [0.717, 1.165) is 13.1 Å². The number of carbonyl (C=O) groups excluding carboxylic acids is 1. The summed E-state index contributed by atoms with van der Waals surface area (Å²) >= 11 is 0. The van der Waals surface area contributed by atoms with E-state index in [1.165, 1.54) is 24.3 Å². The fourth-order valence-electron chi connectivity index (χ4n) is 1.77. The van der Waals surface area contributed by atoms with Crippen molar-refractivity contribution in [1.82, 2.24) is 5.32 Å². The zero-order valence-electron chi connectivity index (χ0n) is 10.7. The smallest absolute Gasteiger partial charge is 0.422 e. The van der Waals surface area contributed by atoms with Crippen molar-refractivity contribution in [3.63, 3.8) is 0 Å². The maximum absolute atomic E-state index is 12.0. The van der Waals surface area contributed by atoms with Gasteiger partial charge in [0.25, 0.3) is 0 Å². The number of halogens is 3. The van der Waals surface area contributed by atoms with E-state index in [4.69, 9.17) is 0 Å². The number of hydrogen-bond acceptors (Lipinski definition) is 3. The number of amides is 1. The van der Waals surface area contributed by atoms with E-state index in [1.807, 2.05) is 0 Å². The molecule has 0 atom stereocenters. The minimum Gasteiger partial charge on any atom is -0.484 e. The molecule has 0 aliphatic carbocycles. The lowest BCUT2D eigenvalue weighted by Crippen LogP contribution is -2.43. The quantitative estimate of drug-likeness (QED) is 0.873. The van der Waals surface area contributed by atoms with E-state index >= 15 is 0 Å². The van der Waals surface area contributed by atoms with Gasteiger partial charge in [0.1, 0.15) is 5.75 Å². The maximum atomic E-state index is 12.0. The second kappa shape index (κ2) is 6.13. The van der Waals surface area contributed by atoms with E-state index in [0.29, 0.717) is 18.0 Å². The summed E-state index contributed by atoms with van der Waals surface area (Å²) in [5, 5.41) is 5.77. The van der Waals surface area contributed by atoms with Gasteiger partial charge in [0.2, 0.25) is 5.91 Å². The number of anilines is 1. The van der Waals surface area contributed by atoms with Gasteiger partial charge in [-0.2, -0.15) is 13.2 Å². The number of carbonyl (C=O) groups is 1. The van der Waals surface area contributed by atoms with Crippen LogP contribution in [-0.4, -0.2) is 31.8 Å². The van der Waals surface area contributed by atoms with Crippen LogP contribution in [-0.2, 0) is 4.79 Å². The van der Waals surface area contributed by atoms with E-state index in [-0.39, 0.29) is 11.7 Å². The van der Waals surface area contributed by atoms with Crippen molar-refractivity contribution in [3.8, 4) is 5.75 Å². The molecule has 0 aromatic heterocycles. The molecule has 1 aliphatic rings. The number of benzene rings is 1. The second-order valence-corrected chi connectivity index (χ2v) is 4.70. The molecule has 1 heterocycles. The third-order valence-corrected chi connectivity index (χ3v) is 2.88. The van der Waals surface area contributed by atoms with Gasteiger partial charge in [-0.15, -0.1) is 0 Å². The molecule has 1 aliphatic heterocycles. The Hall–Kier alpha value is -1.76. The van der Waals surface area contributed by atoms with Crippen molar-refractivity contribution in [1.29, 1.82) is 0 Å². The Morgan fingerprint density at radius 1 is 1.30 bits per heavy atom. The number of hydrogen-bond donors (Lipinski definition) is 2. The van der Waals surface area contributed by atoms with Crippen molar-refractivity contribution in [2.75, 3.05) is 25.0 Å². The molecule has 4 nitrogen and oxygen atoms in total. The van der Waals surface area contributed by atoms with Gasteiger partial charge in [0, 0.05) is 12.1 Å².